The Balaban J connectivity index is 2.13. The minimum absolute atomic E-state index is 0.110. The molecule has 0 radical (unpaired) electrons. The number of hydrogen-bond acceptors (Lipinski definition) is 2. The molecule has 1 heterocycles. The van der Waals surface area contributed by atoms with Crippen molar-refractivity contribution >= 4 is 84.4 Å². The van der Waals surface area contributed by atoms with Gasteiger partial charge in [-0.05, 0) is 87.2 Å². The summed E-state index contributed by atoms with van der Waals surface area (Å²) in [6.45, 7) is 0. The van der Waals surface area contributed by atoms with E-state index >= 15 is 0 Å². The number of carbonyl (C=O) groups excluding carboxylic acids is 1. The highest BCUT2D eigenvalue weighted by Crippen LogP contribution is 2.36. The first-order valence-electron chi connectivity index (χ1n) is 5.96. The van der Waals surface area contributed by atoms with Crippen LogP contribution in [0.2, 0.25) is 0 Å². The lowest BCUT2D eigenvalue weighted by atomic mass is 10.0. The van der Waals surface area contributed by atoms with Gasteiger partial charge in [-0.15, -0.1) is 0 Å². The third kappa shape index (κ3) is 2.98. The number of phenols is 1. The second kappa shape index (κ2) is 5.88. The summed E-state index contributed by atoms with van der Waals surface area (Å²) in [5.74, 6) is 0.165. The lowest BCUT2D eigenvalue weighted by molar-refractivity contribution is -0.110. The Labute approximate surface area is 157 Å². The van der Waals surface area contributed by atoms with Crippen LogP contribution in [-0.4, -0.2) is 11.0 Å². The lowest BCUT2D eigenvalue weighted by Crippen LogP contribution is -2.03. The zero-order valence-corrected chi connectivity index (χ0v) is 16.4. The van der Waals surface area contributed by atoms with Crippen LogP contribution in [0.25, 0.3) is 11.6 Å². The van der Waals surface area contributed by atoms with Crippen LogP contribution in [0.4, 0.5) is 5.69 Å². The highest BCUT2D eigenvalue weighted by atomic mass is 127. The molecule has 0 saturated heterocycles. The maximum Gasteiger partial charge on any atom is 0.256 e. The summed E-state index contributed by atoms with van der Waals surface area (Å²) in [6.07, 6.45) is 1.84. The highest BCUT2D eigenvalue weighted by Gasteiger charge is 2.24. The first-order valence-corrected chi connectivity index (χ1v) is 8.92. The molecule has 0 bridgehead atoms. The number of hydrogen-bond donors (Lipinski definition) is 2. The molecule has 106 valence electrons. The third-order valence-electron chi connectivity index (χ3n) is 3.11. The summed E-state index contributed by atoms with van der Waals surface area (Å²) in [4.78, 5) is 12.1. The van der Waals surface area contributed by atoms with Gasteiger partial charge in [0.2, 0.25) is 0 Å². The van der Waals surface area contributed by atoms with Gasteiger partial charge in [-0.3, -0.25) is 4.79 Å². The predicted octanol–water partition coefficient (Wildman–Crippen LogP) is 4.86. The minimum Gasteiger partial charge on any atom is -0.506 e. The van der Waals surface area contributed by atoms with Gasteiger partial charge in [0, 0.05) is 21.3 Å². The van der Waals surface area contributed by atoms with E-state index < -0.39 is 0 Å². The number of fused-ring (bicyclic) bond motifs is 1. The highest BCUT2D eigenvalue weighted by molar-refractivity contribution is 14.1. The van der Waals surface area contributed by atoms with Crippen molar-refractivity contribution in [2.24, 2.45) is 0 Å². The molecule has 2 aromatic rings. The van der Waals surface area contributed by atoms with Gasteiger partial charge >= 0.3 is 0 Å². The molecule has 0 spiro atoms. The van der Waals surface area contributed by atoms with E-state index in [4.69, 9.17) is 0 Å². The van der Waals surface area contributed by atoms with Crippen molar-refractivity contribution in [1.82, 2.24) is 0 Å². The smallest absolute Gasteiger partial charge is 0.256 e. The Hall–Kier alpha value is -0.610. The van der Waals surface area contributed by atoms with E-state index in [0.29, 0.717) is 5.57 Å². The molecular formula is C15H8BrI2NO2. The topological polar surface area (TPSA) is 49.3 Å². The fourth-order valence-electron chi connectivity index (χ4n) is 2.14. The van der Waals surface area contributed by atoms with Crippen molar-refractivity contribution in [2.75, 3.05) is 5.32 Å². The van der Waals surface area contributed by atoms with Gasteiger partial charge in [0.25, 0.3) is 5.91 Å². The lowest BCUT2D eigenvalue weighted by Gasteiger charge is -2.04. The van der Waals surface area contributed by atoms with Crippen LogP contribution in [0.3, 0.4) is 0 Å². The van der Waals surface area contributed by atoms with Crippen molar-refractivity contribution in [3.8, 4) is 5.75 Å². The number of carbonyl (C=O) groups is 1. The molecule has 3 nitrogen and oxygen atoms in total. The Morgan fingerprint density at radius 1 is 1.14 bits per heavy atom. The maximum atomic E-state index is 12.1. The van der Waals surface area contributed by atoms with E-state index in [-0.39, 0.29) is 11.7 Å². The van der Waals surface area contributed by atoms with Crippen molar-refractivity contribution in [3.63, 3.8) is 0 Å². The Kier molecular flexibility index (Phi) is 4.28. The monoisotopic (exact) mass is 567 g/mol. The second-order valence-electron chi connectivity index (χ2n) is 4.54. The summed E-state index contributed by atoms with van der Waals surface area (Å²) in [5.41, 5.74) is 3.22. The first kappa shape index (κ1) is 15.3. The molecule has 6 heteroatoms. The number of benzene rings is 2. The fourth-order valence-corrected chi connectivity index (χ4v) is 4.32. The summed E-state index contributed by atoms with van der Waals surface area (Å²) in [5, 5.41) is 12.7. The summed E-state index contributed by atoms with van der Waals surface area (Å²) in [6, 6.07) is 9.41. The molecule has 3 rings (SSSR count). The number of aromatic hydroxyl groups is 1. The number of amides is 1. The van der Waals surface area contributed by atoms with E-state index in [1.807, 2.05) is 36.4 Å². The van der Waals surface area contributed by atoms with Gasteiger partial charge in [-0.1, -0.05) is 15.9 Å². The molecule has 21 heavy (non-hydrogen) atoms. The van der Waals surface area contributed by atoms with Crippen LogP contribution < -0.4 is 5.32 Å². The standard InChI is InChI=1S/C15H8BrI2NO2/c16-8-1-2-13-9(6-8)10(15(21)19-13)3-7-4-11(17)14(20)12(18)5-7/h1-6,20H,(H,19,21)/b10-3-. The predicted molar refractivity (Wildman–Crippen MR) is 104 cm³/mol. The Bertz CT molecular complexity index is 779. The average Bonchev–Trinajstić information content (AvgIpc) is 2.72. The van der Waals surface area contributed by atoms with Crippen LogP contribution in [0, 0.1) is 7.14 Å². The molecule has 0 unspecified atom stereocenters. The molecule has 1 aliphatic heterocycles. The molecule has 0 aliphatic carbocycles. The van der Waals surface area contributed by atoms with E-state index in [1.54, 1.807) is 0 Å². The summed E-state index contributed by atoms with van der Waals surface area (Å²) < 4.78 is 2.46. The fraction of sp³-hybridized carbons (Fsp3) is 0. The summed E-state index contributed by atoms with van der Waals surface area (Å²) in [7, 11) is 0. The third-order valence-corrected chi connectivity index (χ3v) is 5.25. The van der Waals surface area contributed by atoms with E-state index in [0.717, 1.165) is 28.4 Å². The van der Waals surface area contributed by atoms with Gasteiger partial charge in [0.05, 0.1) is 7.14 Å². The summed E-state index contributed by atoms with van der Waals surface area (Å²) >= 11 is 7.59. The van der Waals surface area contributed by atoms with Crippen LogP contribution in [-0.2, 0) is 4.79 Å². The average molecular weight is 568 g/mol. The number of nitrogens with one attached hydrogen (secondary N) is 1. The maximum absolute atomic E-state index is 12.1. The van der Waals surface area contributed by atoms with Crippen molar-refractivity contribution in [1.29, 1.82) is 0 Å². The zero-order chi connectivity index (χ0) is 15.1. The number of anilines is 1. The van der Waals surface area contributed by atoms with Crippen molar-refractivity contribution in [3.05, 3.63) is 53.1 Å². The molecule has 0 saturated carbocycles. The molecule has 2 N–H and O–H groups in total. The molecule has 0 fully saturated rings. The molecule has 2 aromatic carbocycles. The van der Waals surface area contributed by atoms with Crippen LogP contribution in [0.1, 0.15) is 11.1 Å². The molecule has 1 amide bonds. The first-order chi connectivity index (χ1) is 9.95. The Morgan fingerprint density at radius 2 is 1.81 bits per heavy atom. The molecular weight excluding hydrogens is 560 g/mol. The largest absolute Gasteiger partial charge is 0.506 e. The van der Waals surface area contributed by atoms with Gasteiger partial charge in [-0.2, -0.15) is 0 Å². The number of phenolic OH excluding ortho intramolecular Hbond substituents is 1. The van der Waals surface area contributed by atoms with Crippen LogP contribution in [0.15, 0.2) is 34.8 Å². The minimum atomic E-state index is -0.110. The molecule has 0 aromatic heterocycles. The Morgan fingerprint density at radius 3 is 2.48 bits per heavy atom. The zero-order valence-electron chi connectivity index (χ0n) is 10.5. The molecule has 1 aliphatic rings. The van der Waals surface area contributed by atoms with Crippen molar-refractivity contribution < 1.29 is 9.90 Å². The van der Waals surface area contributed by atoms with Gasteiger partial charge in [0.15, 0.2) is 0 Å². The van der Waals surface area contributed by atoms with Gasteiger partial charge in [0.1, 0.15) is 5.75 Å². The normalized spacial score (nSPS) is 15.2. The van der Waals surface area contributed by atoms with Gasteiger partial charge in [-0.25, -0.2) is 0 Å². The van der Waals surface area contributed by atoms with Gasteiger partial charge < -0.3 is 10.4 Å². The second-order valence-corrected chi connectivity index (χ2v) is 7.78. The quantitative estimate of drug-likeness (QED) is 0.382. The number of halogens is 3. The van der Waals surface area contributed by atoms with Crippen LogP contribution in [0.5, 0.6) is 5.75 Å². The number of rotatable bonds is 1. The van der Waals surface area contributed by atoms with E-state index in [2.05, 4.69) is 66.4 Å². The van der Waals surface area contributed by atoms with E-state index in [1.165, 1.54) is 0 Å². The van der Waals surface area contributed by atoms with Crippen molar-refractivity contribution in [2.45, 2.75) is 0 Å². The molecule has 0 atom stereocenters. The van der Waals surface area contributed by atoms with E-state index in [9.17, 15) is 9.90 Å². The SMILES string of the molecule is O=C1Nc2ccc(Br)cc2/C1=C/c1cc(I)c(O)c(I)c1. The van der Waals surface area contributed by atoms with Crippen LogP contribution >= 0.6 is 61.1 Å².